The first-order valence-corrected chi connectivity index (χ1v) is 4.08. The van der Waals surface area contributed by atoms with Crippen LogP contribution in [0.2, 0.25) is 0 Å². The molecule has 0 spiro atoms. The maximum Gasteiger partial charge on any atom is 0.307 e. The monoisotopic (exact) mass is 157 g/mol. The minimum atomic E-state index is -0.691. The summed E-state index contributed by atoms with van der Waals surface area (Å²) in [6.45, 7) is 5.67. The number of likely N-dealkylation sites (tertiary alicyclic amines) is 1. The normalized spacial score (nSPS) is 27.6. The first-order valence-electron chi connectivity index (χ1n) is 4.08. The molecule has 1 fully saturated rings. The summed E-state index contributed by atoms with van der Waals surface area (Å²) < 4.78 is 0. The fourth-order valence-corrected chi connectivity index (χ4v) is 1.27. The average molecular weight is 157 g/mol. The van der Waals surface area contributed by atoms with Crippen LogP contribution < -0.4 is 0 Å². The summed E-state index contributed by atoms with van der Waals surface area (Å²) in [5.74, 6) is -0.915. The van der Waals surface area contributed by atoms with Crippen molar-refractivity contribution in [3.8, 4) is 0 Å². The molecule has 0 aromatic rings. The van der Waals surface area contributed by atoms with Gasteiger partial charge in [0.1, 0.15) is 0 Å². The number of rotatable bonds is 3. The highest BCUT2D eigenvalue weighted by atomic mass is 16.4. The van der Waals surface area contributed by atoms with Gasteiger partial charge in [-0.1, -0.05) is 6.92 Å². The van der Waals surface area contributed by atoms with Gasteiger partial charge in [-0.05, 0) is 19.9 Å². The van der Waals surface area contributed by atoms with Gasteiger partial charge in [0.2, 0.25) is 0 Å². The van der Waals surface area contributed by atoms with Crippen LogP contribution in [0.5, 0.6) is 0 Å². The van der Waals surface area contributed by atoms with Crippen molar-refractivity contribution in [3.05, 3.63) is 0 Å². The molecule has 0 aromatic heterocycles. The summed E-state index contributed by atoms with van der Waals surface area (Å²) >= 11 is 0. The van der Waals surface area contributed by atoms with Crippen LogP contribution in [0.25, 0.3) is 0 Å². The van der Waals surface area contributed by atoms with Crippen molar-refractivity contribution in [2.45, 2.75) is 26.3 Å². The predicted octanol–water partition coefficient (Wildman–Crippen LogP) is 0.801. The summed E-state index contributed by atoms with van der Waals surface area (Å²) in [5, 5.41) is 8.61. The van der Waals surface area contributed by atoms with Gasteiger partial charge >= 0.3 is 5.97 Å². The Labute approximate surface area is 67.0 Å². The van der Waals surface area contributed by atoms with E-state index >= 15 is 0 Å². The lowest BCUT2D eigenvalue weighted by Gasteiger charge is -2.39. The van der Waals surface area contributed by atoms with Crippen LogP contribution >= 0.6 is 0 Å². The number of carboxylic acid groups (broad SMARTS) is 1. The number of hydrogen-bond acceptors (Lipinski definition) is 2. The van der Waals surface area contributed by atoms with Crippen molar-refractivity contribution < 1.29 is 9.90 Å². The molecule has 2 atom stereocenters. The molecular weight excluding hydrogens is 142 g/mol. The van der Waals surface area contributed by atoms with Crippen molar-refractivity contribution >= 4 is 5.97 Å². The highest BCUT2D eigenvalue weighted by molar-refractivity contribution is 5.69. The summed E-state index contributed by atoms with van der Waals surface area (Å²) in [6.07, 6.45) is 1.21. The fraction of sp³-hybridized carbons (Fsp3) is 0.875. The Morgan fingerprint density at radius 2 is 2.45 bits per heavy atom. The van der Waals surface area contributed by atoms with Crippen molar-refractivity contribution in [2.24, 2.45) is 5.92 Å². The Hall–Kier alpha value is -0.570. The number of carbonyl (C=O) groups is 1. The SMILES string of the molecule is CC(CN1CCC1C)C(=O)O. The van der Waals surface area contributed by atoms with Crippen LogP contribution in [-0.2, 0) is 4.79 Å². The predicted molar refractivity (Wildman–Crippen MR) is 42.5 cm³/mol. The molecule has 1 N–H and O–H groups in total. The molecule has 0 amide bonds. The zero-order valence-electron chi connectivity index (χ0n) is 7.08. The zero-order valence-corrected chi connectivity index (χ0v) is 7.08. The molecule has 0 saturated carbocycles. The average Bonchev–Trinajstić information content (AvgIpc) is 1.96. The summed E-state index contributed by atoms with van der Waals surface area (Å²) in [4.78, 5) is 12.7. The van der Waals surface area contributed by atoms with Gasteiger partial charge in [-0.3, -0.25) is 9.69 Å². The van der Waals surface area contributed by atoms with E-state index in [0.717, 1.165) is 6.54 Å². The Morgan fingerprint density at radius 3 is 2.73 bits per heavy atom. The molecule has 3 heteroatoms. The minimum Gasteiger partial charge on any atom is -0.481 e. The largest absolute Gasteiger partial charge is 0.481 e. The fourth-order valence-electron chi connectivity index (χ4n) is 1.27. The first-order chi connectivity index (χ1) is 5.11. The van der Waals surface area contributed by atoms with Crippen LogP contribution in [-0.4, -0.2) is 35.1 Å². The van der Waals surface area contributed by atoms with Gasteiger partial charge in [-0.25, -0.2) is 0 Å². The van der Waals surface area contributed by atoms with E-state index < -0.39 is 5.97 Å². The second-order valence-corrected chi connectivity index (χ2v) is 3.37. The van der Waals surface area contributed by atoms with Gasteiger partial charge < -0.3 is 5.11 Å². The molecule has 1 aliphatic heterocycles. The maximum absolute atomic E-state index is 10.5. The minimum absolute atomic E-state index is 0.224. The van der Waals surface area contributed by atoms with Crippen molar-refractivity contribution in [3.63, 3.8) is 0 Å². The summed E-state index contributed by atoms with van der Waals surface area (Å²) in [5.41, 5.74) is 0. The van der Waals surface area contributed by atoms with Gasteiger partial charge in [0, 0.05) is 12.6 Å². The highest BCUT2D eigenvalue weighted by Gasteiger charge is 2.26. The molecule has 0 radical (unpaired) electrons. The molecule has 1 rings (SSSR count). The van der Waals surface area contributed by atoms with Crippen molar-refractivity contribution in [2.75, 3.05) is 13.1 Å². The van der Waals surface area contributed by atoms with Crippen LogP contribution in [0.1, 0.15) is 20.3 Å². The van der Waals surface area contributed by atoms with Gasteiger partial charge in [-0.15, -0.1) is 0 Å². The van der Waals surface area contributed by atoms with Gasteiger partial charge in [0.25, 0.3) is 0 Å². The Bertz CT molecular complexity index is 158. The molecule has 1 aliphatic rings. The van der Waals surface area contributed by atoms with Gasteiger partial charge in [0.05, 0.1) is 5.92 Å². The van der Waals surface area contributed by atoms with E-state index in [1.807, 2.05) is 0 Å². The molecule has 2 unspecified atom stereocenters. The highest BCUT2D eigenvalue weighted by Crippen LogP contribution is 2.17. The topological polar surface area (TPSA) is 40.5 Å². The molecule has 11 heavy (non-hydrogen) atoms. The Morgan fingerprint density at radius 1 is 1.82 bits per heavy atom. The molecule has 1 saturated heterocycles. The number of nitrogens with zero attached hydrogens (tertiary/aromatic N) is 1. The van der Waals surface area contributed by atoms with Gasteiger partial charge in [0.15, 0.2) is 0 Å². The van der Waals surface area contributed by atoms with Crippen molar-refractivity contribution in [1.82, 2.24) is 4.90 Å². The molecule has 0 bridgehead atoms. The molecule has 64 valence electrons. The van der Waals surface area contributed by atoms with E-state index in [2.05, 4.69) is 11.8 Å². The summed E-state index contributed by atoms with van der Waals surface area (Å²) in [7, 11) is 0. The van der Waals surface area contributed by atoms with Crippen LogP contribution in [0.15, 0.2) is 0 Å². The van der Waals surface area contributed by atoms with Crippen LogP contribution in [0.4, 0.5) is 0 Å². The van der Waals surface area contributed by atoms with E-state index in [0.29, 0.717) is 12.6 Å². The zero-order chi connectivity index (χ0) is 8.43. The number of aliphatic carboxylic acids is 1. The lowest BCUT2D eigenvalue weighted by molar-refractivity contribution is -0.142. The maximum atomic E-state index is 10.5. The third-order valence-electron chi connectivity index (χ3n) is 2.39. The third kappa shape index (κ3) is 1.93. The van der Waals surface area contributed by atoms with Crippen LogP contribution in [0.3, 0.4) is 0 Å². The molecule has 1 heterocycles. The smallest absolute Gasteiger partial charge is 0.307 e. The lowest BCUT2D eigenvalue weighted by atomic mass is 10.0. The van der Waals surface area contributed by atoms with E-state index in [9.17, 15) is 4.79 Å². The van der Waals surface area contributed by atoms with Crippen molar-refractivity contribution in [1.29, 1.82) is 0 Å². The number of hydrogen-bond donors (Lipinski definition) is 1. The van der Waals surface area contributed by atoms with E-state index in [1.165, 1.54) is 6.42 Å². The second-order valence-electron chi connectivity index (χ2n) is 3.37. The number of carboxylic acids is 1. The molecule has 0 aliphatic carbocycles. The Balaban J connectivity index is 2.25. The molecule has 3 nitrogen and oxygen atoms in total. The molecule has 0 aromatic carbocycles. The first kappa shape index (κ1) is 8.53. The second kappa shape index (κ2) is 3.22. The van der Waals surface area contributed by atoms with Crippen LogP contribution in [0, 0.1) is 5.92 Å². The standard InChI is InChI=1S/C8H15NO2/c1-6(8(10)11)5-9-4-3-7(9)2/h6-7H,3-5H2,1-2H3,(H,10,11). The van der Waals surface area contributed by atoms with E-state index in [4.69, 9.17) is 5.11 Å². The Kier molecular flexibility index (Phi) is 2.49. The van der Waals surface area contributed by atoms with E-state index in [1.54, 1.807) is 6.92 Å². The third-order valence-corrected chi connectivity index (χ3v) is 2.39. The molecular formula is C8H15NO2. The summed E-state index contributed by atoms with van der Waals surface area (Å²) in [6, 6.07) is 0.594. The van der Waals surface area contributed by atoms with E-state index in [-0.39, 0.29) is 5.92 Å². The lowest BCUT2D eigenvalue weighted by Crippen LogP contribution is -2.48. The quantitative estimate of drug-likeness (QED) is 0.658. The van der Waals surface area contributed by atoms with Gasteiger partial charge in [-0.2, -0.15) is 0 Å².